The molecule has 0 bridgehead atoms. The first kappa shape index (κ1) is 13.4. The Kier molecular flexibility index (Phi) is 3.48. The zero-order chi connectivity index (χ0) is 14.8. The predicted molar refractivity (Wildman–Crippen MR) is 83.5 cm³/mol. The molecule has 0 unspecified atom stereocenters. The number of benzene rings is 1. The molecule has 2 N–H and O–H groups in total. The van der Waals surface area contributed by atoms with Crippen molar-refractivity contribution in [3.63, 3.8) is 0 Å². The summed E-state index contributed by atoms with van der Waals surface area (Å²) in [5.41, 5.74) is 8.37. The molecule has 0 aliphatic heterocycles. The number of hydrogen-bond acceptors (Lipinski definition) is 4. The van der Waals surface area contributed by atoms with Crippen LogP contribution >= 0.6 is 0 Å². The van der Waals surface area contributed by atoms with E-state index in [1.807, 2.05) is 41.9 Å². The predicted octanol–water partition coefficient (Wildman–Crippen LogP) is 3.52. The molecule has 0 saturated heterocycles. The van der Waals surface area contributed by atoms with E-state index in [1.165, 1.54) is 0 Å². The SMILES string of the molecule is CCCn1nc(C)c(N)c1Oc1cccc2ncccc12. The van der Waals surface area contributed by atoms with Gasteiger partial charge in [-0.2, -0.15) is 5.10 Å². The van der Waals surface area contributed by atoms with Gasteiger partial charge < -0.3 is 10.5 Å². The van der Waals surface area contributed by atoms with Crippen LogP contribution in [0.1, 0.15) is 19.0 Å². The summed E-state index contributed by atoms with van der Waals surface area (Å²) in [5, 5.41) is 5.39. The molecule has 2 heterocycles. The Morgan fingerprint density at radius 2 is 2.10 bits per heavy atom. The summed E-state index contributed by atoms with van der Waals surface area (Å²) < 4.78 is 7.88. The van der Waals surface area contributed by atoms with Gasteiger partial charge in [0.05, 0.1) is 11.2 Å². The van der Waals surface area contributed by atoms with Crippen molar-refractivity contribution >= 4 is 16.6 Å². The number of aryl methyl sites for hydroxylation is 2. The smallest absolute Gasteiger partial charge is 0.241 e. The molecule has 1 aromatic carbocycles. The highest BCUT2D eigenvalue weighted by Gasteiger charge is 2.15. The lowest BCUT2D eigenvalue weighted by Gasteiger charge is -2.11. The number of aromatic nitrogens is 3. The van der Waals surface area contributed by atoms with E-state index in [2.05, 4.69) is 17.0 Å². The van der Waals surface area contributed by atoms with Crippen LogP contribution in [0.4, 0.5) is 5.69 Å². The van der Waals surface area contributed by atoms with Gasteiger partial charge in [-0.15, -0.1) is 0 Å². The Balaban J connectivity index is 2.06. The molecule has 0 fully saturated rings. The number of rotatable bonds is 4. The number of nitrogen functional groups attached to an aromatic ring is 1. The van der Waals surface area contributed by atoms with E-state index in [9.17, 15) is 0 Å². The fourth-order valence-electron chi connectivity index (χ4n) is 2.31. The fourth-order valence-corrected chi connectivity index (χ4v) is 2.31. The van der Waals surface area contributed by atoms with Gasteiger partial charge in [0, 0.05) is 18.1 Å². The summed E-state index contributed by atoms with van der Waals surface area (Å²) in [6.07, 6.45) is 2.74. The lowest BCUT2D eigenvalue weighted by Crippen LogP contribution is -2.03. The number of ether oxygens (including phenoxy) is 1. The Morgan fingerprint density at radius 3 is 2.90 bits per heavy atom. The number of hydrogen-bond donors (Lipinski definition) is 1. The number of nitrogens with zero attached hydrogens (tertiary/aromatic N) is 3. The van der Waals surface area contributed by atoms with Crippen molar-refractivity contribution in [2.45, 2.75) is 26.8 Å². The van der Waals surface area contributed by atoms with Gasteiger partial charge in [0.15, 0.2) is 0 Å². The molecule has 3 rings (SSSR count). The van der Waals surface area contributed by atoms with Gasteiger partial charge in [0.1, 0.15) is 11.4 Å². The summed E-state index contributed by atoms with van der Waals surface area (Å²) in [4.78, 5) is 4.34. The summed E-state index contributed by atoms with van der Waals surface area (Å²) in [5.74, 6) is 1.34. The molecule has 108 valence electrons. The number of fused-ring (bicyclic) bond motifs is 1. The lowest BCUT2D eigenvalue weighted by molar-refractivity contribution is 0.414. The Labute approximate surface area is 123 Å². The molecule has 3 aromatic rings. The van der Waals surface area contributed by atoms with Crippen LogP contribution in [-0.4, -0.2) is 14.8 Å². The normalized spacial score (nSPS) is 11.0. The second-order valence-corrected chi connectivity index (χ2v) is 4.96. The van der Waals surface area contributed by atoms with Gasteiger partial charge in [0.2, 0.25) is 5.88 Å². The maximum atomic E-state index is 6.10. The monoisotopic (exact) mass is 282 g/mol. The Hall–Kier alpha value is -2.56. The van der Waals surface area contributed by atoms with Crippen molar-refractivity contribution in [2.24, 2.45) is 0 Å². The van der Waals surface area contributed by atoms with Crippen LogP contribution < -0.4 is 10.5 Å². The maximum Gasteiger partial charge on any atom is 0.241 e. The van der Waals surface area contributed by atoms with E-state index < -0.39 is 0 Å². The summed E-state index contributed by atoms with van der Waals surface area (Å²) >= 11 is 0. The number of pyridine rings is 1. The van der Waals surface area contributed by atoms with Crippen LogP contribution in [0.5, 0.6) is 11.6 Å². The summed E-state index contributed by atoms with van der Waals surface area (Å²) in [7, 11) is 0. The zero-order valence-electron chi connectivity index (χ0n) is 12.2. The van der Waals surface area contributed by atoms with Crippen LogP contribution in [0.2, 0.25) is 0 Å². The highest BCUT2D eigenvalue weighted by molar-refractivity contribution is 5.85. The van der Waals surface area contributed by atoms with Gasteiger partial charge in [-0.3, -0.25) is 4.98 Å². The fraction of sp³-hybridized carbons (Fsp3) is 0.250. The number of nitrogens with two attached hydrogens (primary N) is 1. The summed E-state index contributed by atoms with van der Waals surface area (Å²) in [6.45, 7) is 4.76. The van der Waals surface area contributed by atoms with Gasteiger partial charge in [-0.25, -0.2) is 4.68 Å². The standard InChI is InChI=1S/C16H18N4O/c1-3-10-20-16(15(17)11(2)19-20)21-14-8-4-7-13-12(14)6-5-9-18-13/h4-9H,3,10,17H2,1-2H3. The molecule has 0 saturated carbocycles. The summed E-state index contributed by atoms with van der Waals surface area (Å²) in [6, 6.07) is 9.69. The first-order valence-electron chi connectivity index (χ1n) is 7.05. The van der Waals surface area contributed by atoms with Gasteiger partial charge in [-0.05, 0) is 37.6 Å². The van der Waals surface area contributed by atoms with Crippen LogP contribution in [-0.2, 0) is 6.54 Å². The quantitative estimate of drug-likeness (QED) is 0.795. The molecule has 0 aliphatic carbocycles. The van der Waals surface area contributed by atoms with Crippen molar-refractivity contribution in [3.8, 4) is 11.6 Å². The van der Waals surface area contributed by atoms with Gasteiger partial charge in [-0.1, -0.05) is 13.0 Å². The molecule has 0 amide bonds. The minimum atomic E-state index is 0.587. The van der Waals surface area contributed by atoms with Gasteiger partial charge in [0.25, 0.3) is 0 Å². The van der Waals surface area contributed by atoms with E-state index in [4.69, 9.17) is 10.5 Å². The second-order valence-electron chi connectivity index (χ2n) is 4.96. The van der Waals surface area contributed by atoms with E-state index >= 15 is 0 Å². The molecule has 5 heteroatoms. The van der Waals surface area contributed by atoms with Crippen molar-refractivity contribution < 1.29 is 4.74 Å². The second kappa shape index (κ2) is 5.44. The largest absolute Gasteiger partial charge is 0.437 e. The first-order valence-corrected chi connectivity index (χ1v) is 7.05. The van der Waals surface area contributed by atoms with Crippen LogP contribution in [0.15, 0.2) is 36.5 Å². The van der Waals surface area contributed by atoms with Gasteiger partial charge >= 0.3 is 0 Å². The zero-order valence-corrected chi connectivity index (χ0v) is 12.2. The van der Waals surface area contributed by atoms with E-state index in [1.54, 1.807) is 6.20 Å². The Bertz CT molecular complexity index is 774. The molecule has 0 radical (unpaired) electrons. The average Bonchev–Trinajstić information content (AvgIpc) is 2.76. The molecular weight excluding hydrogens is 264 g/mol. The number of anilines is 1. The van der Waals surface area contributed by atoms with E-state index in [0.29, 0.717) is 11.6 Å². The first-order chi connectivity index (χ1) is 10.2. The third kappa shape index (κ3) is 2.42. The molecule has 2 aromatic heterocycles. The van der Waals surface area contributed by atoms with Crippen LogP contribution in [0.25, 0.3) is 10.9 Å². The van der Waals surface area contributed by atoms with Crippen molar-refractivity contribution in [3.05, 3.63) is 42.2 Å². The molecule has 0 atom stereocenters. The molecule has 0 aliphatic rings. The lowest BCUT2D eigenvalue weighted by atomic mass is 10.2. The van der Waals surface area contributed by atoms with E-state index in [-0.39, 0.29) is 0 Å². The van der Waals surface area contributed by atoms with Crippen molar-refractivity contribution in [1.82, 2.24) is 14.8 Å². The van der Waals surface area contributed by atoms with Crippen molar-refractivity contribution in [2.75, 3.05) is 5.73 Å². The van der Waals surface area contributed by atoms with Crippen LogP contribution in [0.3, 0.4) is 0 Å². The van der Waals surface area contributed by atoms with Crippen LogP contribution in [0, 0.1) is 6.92 Å². The molecular formula is C16H18N4O. The minimum Gasteiger partial charge on any atom is -0.437 e. The van der Waals surface area contributed by atoms with E-state index in [0.717, 1.165) is 35.3 Å². The molecule has 5 nitrogen and oxygen atoms in total. The third-order valence-electron chi connectivity index (χ3n) is 3.37. The maximum absolute atomic E-state index is 6.10. The van der Waals surface area contributed by atoms with Crippen molar-refractivity contribution in [1.29, 1.82) is 0 Å². The highest BCUT2D eigenvalue weighted by atomic mass is 16.5. The third-order valence-corrected chi connectivity index (χ3v) is 3.37. The average molecular weight is 282 g/mol. The molecule has 0 spiro atoms. The molecule has 21 heavy (non-hydrogen) atoms. The topological polar surface area (TPSA) is 66.0 Å². The minimum absolute atomic E-state index is 0.587. The highest BCUT2D eigenvalue weighted by Crippen LogP contribution is 2.33. The Morgan fingerprint density at radius 1 is 1.24 bits per heavy atom.